The minimum absolute atomic E-state index is 0.0529. The molecule has 0 aliphatic rings. The fourth-order valence-corrected chi connectivity index (χ4v) is 2.40. The first-order chi connectivity index (χ1) is 9.97. The second-order valence-corrected chi connectivity index (χ2v) is 5.32. The van der Waals surface area contributed by atoms with E-state index in [0.717, 1.165) is 0 Å². The summed E-state index contributed by atoms with van der Waals surface area (Å²) in [6.45, 7) is 0. The van der Waals surface area contributed by atoms with Gasteiger partial charge in [0.25, 0.3) is 0 Å². The van der Waals surface area contributed by atoms with Crippen molar-refractivity contribution < 1.29 is 9.18 Å². The molecule has 2 rings (SSSR count). The largest absolute Gasteiger partial charge is 0.399 e. The van der Waals surface area contributed by atoms with E-state index in [1.54, 1.807) is 7.05 Å². The Morgan fingerprint density at radius 2 is 2.33 bits per heavy atom. The fraction of sp³-hybridized carbons (Fsp3) is 0.250. The number of anilines is 2. The van der Waals surface area contributed by atoms with Gasteiger partial charge in [0, 0.05) is 24.9 Å². The van der Waals surface area contributed by atoms with E-state index >= 15 is 0 Å². The summed E-state index contributed by atoms with van der Waals surface area (Å²) in [6, 6.07) is 3.97. The minimum Gasteiger partial charge on any atom is -0.399 e. The van der Waals surface area contributed by atoms with Crippen LogP contribution in [0.25, 0.3) is 0 Å². The number of nitrogen functional groups attached to an aromatic ring is 1. The third-order valence-corrected chi connectivity index (χ3v) is 3.70. The smallest absolute Gasteiger partial charge is 0.343 e. The van der Waals surface area contributed by atoms with Crippen molar-refractivity contribution in [2.45, 2.75) is 11.6 Å². The number of aromatic amines is 1. The third-order valence-electron chi connectivity index (χ3n) is 2.66. The van der Waals surface area contributed by atoms with Gasteiger partial charge in [-0.15, -0.1) is 5.10 Å². The Kier molecular flexibility index (Phi) is 4.63. The SMILES string of the molecule is Cn1c(SCCC(=O)Nc2cc(N)ccc2F)n[nH]c1=O. The molecule has 21 heavy (non-hydrogen) atoms. The van der Waals surface area contributed by atoms with E-state index < -0.39 is 5.82 Å². The van der Waals surface area contributed by atoms with E-state index in [2.05, 4.69) is 15.5 Å². The molecule has 0 unspecified atom stereocenters. The van der Waals surface area contributed by atoms with Crippen LogP contribution in [0.4, 0.5) is 15.8 Å². The van der Waals surface area contributed by atoms with Crippen molar-refractivity contribution in [2.75, 3.05) is 16.8 Å². The van der Waals surface area contributed by atoms with Crippen LogP contribution in [-0.2, 0) is 11.8 Å². The van der Waals surface area contributed by atoms with Gasteiger partial charge in [0.1, 0.15) is 5.82 Å². The number of rotatable bonds is 5. The number of halogens is 1. The molecule has 0 aliphatic carbocycles. The van der Waals surface area contributed by atoms with E-state index in [-0.39, 0.29) is 23.7 Å². The Hall–Kier alpha value is -2.29. The van der Waals surface area contributed by atoms with Crippen molar-refractivity contribution in [1.29, 1.82) is 0 Å². The maximum absolute atomic E-state index is 13.4. The zero-order chi connectivity index (χ0) is 15.4. The molecule has 2 aromatic rings. The molecule has 1 aromatic heterocycles. The van der Waals surface area contributed by atoms with Gasteiger partial charge in [0.2, 0.25) is 5.91 Å². The number of nitrogens with two attached hydrogens (primary N) is 1. The van der Waals surface area contributed by atoms with Crippen molar-refractivity contribution >= 4 is 29.0 Å². The summed E-state index contributed by atoms with van der Waals surface area (Å²) in [5.41, 5.74) is 5.64. The van der Waals surface area contributed by atoms with Gasteiger partial charge in [-0.2, -0.15) is 0 Å². The molecule has 9 heteroatoms. The average Bonchev–Trinajstić information content (AvgIpc) is 2.75. The van der Waals surface area contributed by atoms with Crippen molar-refractivity contribution in [3.05, 3.63) is 34.5 Å². The number of aromatic nitrogens is 3. The van der Waals surface area contributed by atoms with Crippen LogP contribution in [0.2, 0.25) is 0 Å². The van der Waals surface area contributed by atoms with Gasteiger partial charge in [-0.25, -0.2) is 14.3 Å². The number of H-pyrrole nitrogens is 1. The number of thioether (sulfide) groups is 1. The molecule has 112 valence electrons. The van der Waals surface area contributed by atoms with Gasteiger partial charge < -0.3 is 11.1 Å². The first-order valence-electron chi connectivity index (χ1n) is 6.06. The summed E-state index contributed by atoms with van der Waals surface area (Å²) in [4.78, 5) is 22.9. The summed E-state index contributed by atoms with van der Waals surface area (Å²) in [7, 11) is 1.58. The molecule has 0 fully saturated rings. The lowest BCUT2D eigenvalue weighted by atomic mass is 10.2. The zero-order valence-electron chi connectivity index (χ0n) is 11.2. The summed E-state index contributed by atoms with van der Waals surface area (Å²) >= 11 is 1.26. The predicted octanol–water partition coefficient (Wildman–Crippen LogP) is 0.951. The Labute approximate surface area is 123 Å². The summed E-state index contributed by atoms with van der Waals surface area (Å²) in [5, 5.41) is 9.05. The van der Waals surface area contributed by atoms with Crippen LogP contribution in [0.1, 0.15) is 6.42 Å². The number of benzene rings is 1. The number of nitrogens with one attached hydrogen (secondary N) is 2. The second-order valence-electron chi connectivity index (χ2n) is 4.26. The van der Waals surface area contributed by atoms with Gasteiger partial charge in [0.15, 0.2) is 5.16 Å². The van der Waals surface area contributed by atoms with Crippen LogP contribution in [-0.4, -0.2) is 26.4 Å². The third kappa shape index (κ3) is 3.85. The molecule has 0 atom stereocenters. The summed E-state index contributed by atoms with van der Waals surface area (Å²) < 4.78 is 14.8. The van der Waals surface area contributed by atoms with Crippen LogP contribution in [0, 0.1) is 5.82 Å². The Balaban J connectivity index is 1.86. The molecule has 0 spiro atoms. The van der Waals surface area contributed by atoms with Gasteiger partial charge in [-0.3, -0.25) is 9.36 Å². The molecule has 0 bridgehead atoms. The molecule has 0 aliphatic heterocycles. The Bertz CT molecular complexity index is 712. The van der Waals surface area contributed by atoms with Gasteiger partial charge in [0.05, 0.1) is 5.69 Å². The van der Waals surface area contributed by atoms with E-state index in [1.807, 2.05) is 0 Å². The Morgan fingerprint density at radius 3 is 3.00 bits per heavy atom. The van der Waals surface area contributed by atoms with Crippen LogP contribution >= 0.6 is 11.8 Å². The van der Waals surface area contributed by atoms with Crippen molar-refractivity contribution in [2.24, 2.45) is 7.05 Å². The van der Waals surface area contributed by atoms with E-state index in [4.69, 9.17) is 5.73 Å². The van der Waals surface area contributed by atoms with Crippen LogP contribution in [0.15, 0.2) is 28.2 Å². The van der Waals surface area contributed by atoms with Gasteiger partial charge in [-0.05, 0) is 18.2 Å². The maximum atomic E-state index is 13.4. The normalized spacial score (nSPS) is 10.6. The second kappa shape index (κ2) is 6.44. The van der Waals surface area contributed by atoms with Gasteiger partial charge >= 0.3 is 5.69 Å². The quantitative estimate of drug-likeness (QED) is 0.563. The highest BCUT2D eigenvalue weighted by Crippen LogP contribution is 2.18. The van der Waals surface area contributed by atoms with Crippen LogP contribution in [0.5, 0.6) is 0 Å². The summed E-state index contributed by atoms with van der Waals surface area (Å²) in [5.74, 6) is -0.471. The molecule has 0 radical (unpaired) electrons. The number of amides is 1. The average molecular weight is 311 g/mol. The van der Waals surface area contributed by atoms with Crippen LogP contribution < -0.4 is 16.7 Å². The first kappa shape index (κ1) is 15.1. The first-order valence-corrected chi connectivity index (χ1v) is 7.05. The predicted molar refractivity (Wildman–Crippen MR) is 78.6 cm³/mol. The number of hydrogen-bond donors (Lipinski definition) is 3. The molecule has 4 N–H and O–H groups in total. The molecule has 1 aromatic carbocycles. The van der Waals surface area contributed by atoms with E-state index in [0.29, 0.717) is 16.6 Å². The highest BCUT2D eigenvalue weighted by molar-refractivity contribution is 7.99. The fourth-order valence-electron chi connectivity index (χ4n) is 1.55. The van der Waals surface area contributed by atoms with Gasteiger partial charge in [-0.1, -0.05) is 11.8 Å². The summed E-state index contributed by atoms with van der Waals surface area (Å²) in [6.07, 6.45) is 0.153. The molecular formula is C12H14FN5O2S. The minimum atomic E-state index is -0.542. The van der Waals surface area contributed by atoms with E-state index in [9.17, 15) is 14.0 Å². The van der Waals surface area contributed by atoms with Crippen molar-refractivity contribution in [3.63, 3.8) is 0 Å². The number of carbonyl (C=O) groups is 1. The highest BCUT2D eigenvalue weighted by Gasteiger charge is 2.09. The topological polar surface area (TPSA) is 106 Å². The molecule has 7 nitrogen and oxygen atoms in total. The monoisotopic (exact) mass is 311 g/mol. The molecule has 0 saturated heterocycles. The lowest BCUT2D eigenvalue weighted by molar-refractivity contribution is -0.115. The van der Waals surface area contributed by atoms with E-state index in [1.165, 1.54) is 34.5 Å². The lowest BCUT2D eigenvalue weighted by Gasteiger charge is -2.07. The zero-order valence-corrected chi connectivity index (χ0v) is 12.0. The molecule has 1 amide bonds. The molecule has 1 heterocycles. The standard InChI is InChI=1S/C12H14FN5O2S/c1-18-11(20)16-17-12(18)21-5-4-10(19)15-9-6-7(14)2-3-8(9)13/h2-3,6H,4-5,14H2,1H3,(H,15,19)(H,16,20). The number of hydrogen-bond acceptors (Lipinski definition) is 5. The Morgan fingerprint density at radius 1 is 1.57 bits per heavy atom. The van der Waals surface area contributed by atoms with Crippen molar-refractivity contribution in [1.82, 2.24) is 14.8 Å². The molecule has 0 saturated carbocycles. The van der Waals surface area contributed by atoms with Crippen molar-refractivity contribution in [3.8, 4) is 0 Å². The lowest BCUT2D eigenvalue weighted by Crippen LogP contribution is -2.14. The highest BCUT2D eigenvalue weighted by atomic mass is 32.2. The maximum Gasteiger partial charge on any atom is 0.343 e. The number of nitrogens with zero attached hydrogens (tertiary/aromatic N) is 2. The number of carbonyl (C=O) groups excluding carboxylic acids is 1. The molecular weight excluding hydrogens is 297 g/mol. The van der Waals surface area contributed by atoms with Crippen LogP contribution in [0.3, 0.4) is 0 Å².